The predicted octanol–water partition coefficient (Wildman–Crippen LogP) is 1.71. The first-order chi connectivity index (χ1) is 6.72. The van der Waals surface area contributed by atoms with Crippen LogP contribution in [-0.2, 0) is 52.2 Å². The van der Waals surface area contributed by atoms with Gasteiger partial charge in [0.2, 0.25) is 0 Å². The average molecular weight is 294 g/mol. The molecular weight excluding hydrogens is 277 g/mol. The van der Waals surface area contributed by atoms with Gasteiger partial charge in [-0.2, -0.15) is 11.8 Å². The Bertz CT molecular complexity index is 132. The monoisotopic (exact) mass is 294 g/mol. The second-order valence-electron chi connectivity index (χ2n) is 2.48. The number of carbonyl (C=O) groups excluding carboxylic acids is 1. The molecule has 0 aromatic rings. The summed E-state index contributed by atoms with van der Waals surface area (Å²) in [5, 5.41) is 8.05. The minimum absolute atomic E-state index is 0. The molecule has 1 radical (unpaired) electrons. The maximum absolute atomic E-state index is 8.68. The van der Waals surface area contributed by atoms with Crippen molar-refractivity contribution < 1.29 is 57.4 Å². The first kappa shape index (κ1) is 20.6. The van der Waals surface area contributed by atoms with E-state index in [2.05, 4.69) is 21.2 Å². The molecule has 5 nitrogen and oxygen atoms in total. The Morgan fingerprint density at radius 1 is 1.60 bits per heavy atom. The smallest absolute Gasteiger partial charge is 0.122 e. The molecule has 6 heteroatoms. The third kappa shape index (κ3) is 25.0. The van der Waals surface area contributed by atoms with Gasteiger partial charge in [-0.25, -0.2) is 4.89 Å². The molecule has 0 aromatic carbocycles. The van der Waals surface area contributed by atoms with Crippen LogP contribution in [0.1, 0.15) is 20.3 Å². The van der Waals surface area contributed by atoms with Crippen molar-refractivity contribution in [3.05, 3.63) is 12.8 Å². The van der Waals surface area contributed by atoms with Gasteiger partial charge in [-0.3, -0.25) is 11.5 Å². The van der Waals surface area contributed by atoms with Crippen molar-refractivity contribution in [1.29, 1.82) is 0 Å². The Kier molecular flexibility index (Phi) is 27.1. The fraction of sp³-hybridized carbons (Fsp3) is 0.667. The third-order valence-corrected chi connectivity index (χ3v) is 1.19. The summed E-state index contributed by atoms with van der Waals surface area (Å²) < 4.78 is 0. The summed E-state index contributed by atoms with van der Waals surface area (Å²) in [6, 6.07) is 0. The zero-order valence-corrected chi connectivity index (χ0v) is 12.0. The van der Waals surface area contributed by atoms with E-state index in [0.717, 1.165) is 6.42 Å². The summed E-state index contributed by atoms with van der Waals surface area (Å²) in [4.78, 5) is 21.7. The molecule has 0 aliphatic heterocycles. The average Bonchev–Trinajstić information content (AvgIpc) is 2.14. The van der Waals surface area contributed by atoms with Gasteiger partial charge in [0.05, 0.1) is 13.2 Å². The first-order valence-electron chi connectivity index (χ1n) is 4.17. The first-order valence-corrected chi connectivity index (χ1v) is 4.17. The van der Waals surface area contributed by atoms with Gasteiger partial charge in [-0.15, -0.1) is 0 Å². The van der Waals surface area contributed by atoms with Gasteiger partial charge in [0, 0.05) is 32.7 Å². The molecule has 0 aliphatic carbocycles. The van der Waals surface area contributed by atoms with Crippen LogP contribution in [-0.4, -0.2) is 24.8 Å². The summed E-state index contributed by atoms with van der Waals surface area (Å²) in [5.74, 6) is 0.258. The fourth-order valence-electron chi connectivity index (χ4n) is 0.556. The fourth-order valence-corrected chi connectivity index (χ4v) is 0.556. The second kappa shape index (κ2) is 19.7. The molecule has 0 bridgehead atoms. The Labute approximate surface area is 116 Å². The van der Waals surface area contributed by atoms with E-state index in [0.29, 0.717) is 13.2 Å². The molecule has 87 valence electrons. The van der Waals surface area contributed by atoms with E-state index in [1.807, 2.05) is 6.92 Å². The van der Waals surface area contributed by atoms with Crippen LogP contribution in [0.4, 0.5) is 0 Å². The van der Waals surface area contributed by atoms with Gasteiger partial charge in [0.1, 0.15) is 6.26 Å². The van der Waals surface area contributed by atoms with Crippen molar-refractivity contribution in [3.8, 4) is 0 Å². The minimum atomic E-state index is 0. The van der Waals surface area contributed by atoms with Gasteiger partial charge in [-0.1, -0.05) is 13.5 Å². The van der Waals surface area contributed by atoms with Gasteiger partial charge >= 0.3 is 0 Å². The molecule has 0 amide bonds. The van der Waals surface area contributed by atoms with Crippen LogP contribution >= 0.6 is 0 Å². The van der Waals surface area contributed by atoms with Crippen LogP contribution in [0, 0.1) is 5.92 Å². The van der Waals surface area contributed by atoms with Crippen LogP contribution < -0.4 is 0 Å². The number of hydrogen-bond acceptors (Lipinski definition) is 5. The molecule has 15 heavy (non-hydrogen) atoms. The molecular formula is C9H17O5Y-. The van der Waals surface area contributed by atoms with Crippen LogP contribution in [0.15, 0.2) is 12.8 Å². The van der Waals surface area contributed by atoms with Crippen molar-refractivity contribution >= 4 is 6.29 Å². The van der Waals surface area contributed by atoms with Gasteiger partial charge in [0.25, 0.3) is 0 Å². The zero-order chi connectivity index (χ0) is 11.2. The Morgan fingerprint density at radius 3 is 2.53 bits per heavy atom. The maximum Gasteiger partial charge on any atom is 0.122 e. The van der Waals surface area contributed by atoms with E-state index in [1.54, 1.807) is 0 Å². The number of rotatable bonds is 7. The van der Waals surface area contributed by atoms with E-state index < -0.39 is 0 Å². The van der Waals surface area contributed by atoms with Gasteiger partial charge in [-0.05, 0) is 12.3 Å². The summed E-state index contributed by atoms with van der Waals surface area (Å²) >= 11 is 0. The van der Waals surface area contributed by atoms with E-state index in [9.17, 15) is 0 Å². The standard InChI is InChI=1S/C7H14O4.C2H3O.Y/c1-3-10-11-5-4-7(2)6-9-8;1-2-3;/h3,7-8H,1,4-6H2,2H3;1H3;/q;-1;. The Hall–Kier alpha value is 0.194. The van der Waals surface area contributed by atoms with E-state index in [-0.39, 0.29) is 38.6 Å². The van der Waals surface area contributed by atoms with Gasteiger partial charge in [0.15, 0.2) is 0 Å². The predicted molar refractivity (Wildman–Crippen MR) is 51.0 cm³/mol. The van der Waals surface area contributed by atoms with E-state index >= 15 is 0 Å². The van der Waals surface area contributed by atoms with Gasteiger partial charge < -0.3 is 9.68 Å². The quantitative estimate of drug-likeness (QED) is 0.254. The molecule has 1 N–H and O–H groups in total. The molecule has 1 unspecified atom stereocenters. The Balaban J connectivity index is -0.000000320. The summed E-state index contributed by atoms with van der Waals surface area (Å²) in [6.07, 6.45) is 3.49. The molecule has 1 atom stereocenters. The molecule has 0 aromatic heterocycles. The van der Waals surface area contributed by atoms with Crippen molar-refractivity contribution in [2.45, 2.75) is 20.3 Å². The van der Waals surface area contributed by atoms with Crippen molar-refractivity contribution in [3.63, 3.8) is 0 Å². The summed E-state index contributed by atoms with van der Waals surface area (Å²) in [7, 11) is 0. The summed E-state index contributed by atoms with van der Waals surface area (Å²) in [6.45, 7) is 7.34. The molecule has 0 rings (SSSR count). The molecule has 0 saturated carbocycles. The maximum atomic E-state index is 8.68. The Morgan fingerprint density at radius 2 is 2.13 bits per heavy atom. The largest absolute Gasteiger partial charge is 0.542 e. The normalized spacial score (nSPS) is 10.1. The van der Waals surface area contributed by atoms with Crippen LogP contribution in [0.2, 0.25) is 0 Å². The molecule has 0 spiro atoms. The SMILES string of the molecule is C=COOCCC(C)COO.C[C-]=O.[Y]. The minimum Gasteiger partial charge on any atom is -0.542 e. The number of hydrogen-bond donors (Lipinski definition) is 1. The topological polar surface area (TPSA) is 65.0 Å². The summed E-state index contributed by atoms with van der Waals surface area (Å²) in [5.41, 5.74) is 0. The zero-order valence-electron chi connectivity index (χ0n) is 9.14. The molecule has 0 fully saturated rings. The van der Waals surface area contributed by atoms with Crippen molar-refractivity contribution in [2.75, 3.05) is 13.2 Å². The second-order valence-corrected chi connectivity index (χ2v) is 2.48. The van der Waals surface area contributed by atoms with E-state index in [1.165, 1.54) is 19.5 Å². The molecule has 0 saturated heterocycles. The molecule has 0 heterocycles. The van der Waals surface area contributed by atoms with Crippen molar-refractivity contribution in [1.82, 2.24) is 0 Å². The third-order valence-electron chi connectivity index (χ3n) is 1.19. The molecule has 0 aliphatic rings. The van der Waals surface area contributed by atoms with Crippen LogP contribution in [0.3, 0.4) is 0 Å². The van der Waals surface area contributed by atoms with Crippen LogP contribution in [0.5, 0.6) is 0 Å². The van der Waals surface area contributed by atoms with Crippen LogP contribution in [0.25, 0.3) is 0 Å². The van der Waals surface area contributed by atoms with Crippen molar-refractivity contribution in [2.24, 2.45) is 5.92 Å². The van der Waals surface area contributed by atoms with E-state index in [4.69, 9.17) is 10.1 Å².